The van der Waals surface area contributed by atoms with Gasteiger partial charge in [0.15, 0.2) is 0 Å². The van der Waals surface area contributed by atoms with Crippen LogP contribution in [-0.2, 0) is 9.59 Å². The van der Waals surface area contributed by atoms with Crippen LogP contribution in [-0.4, -0.2) is 32.7 Å². The summed E-state index contributed by atoms with van der Waals surface area (Å²) in [5, 5.41) is 8.77. The highest BCUT2D eigenvalue weighted by molar-refractivity contribution is 8.26. The topological polar surface area (TPSA) is 57.6 Å². The molecule has 0 radical (unpaired) electrons. The molecule has 1 amide bonds. The van der Waals surface area contributed by atoms with Crippen molar-refractivity contribution in [2.75, 3.05) is 6.54 Å². The lowest BCUT2D eigenvalue weighted by Crippen LogP contribution is -2.29. The molecule has 138 valence electrons. The molecule has 27 heavy (non-hydrogen) atoms. The molecule has 0 bridgehead atoms. The summed E-state index contributed by atoms with van der Waals surface area (Å²) < 4.78 is 0.477. The number of benzene rings is 2. The molecule has 1 fully saturated rings. The number of amides is 1. The second-order valence-electron chi connectivity index (χ2n) is 6.23. The summed E-state index contributed by atoms with van der Waals surface area (Å²) in [6, 6.07) is 16.1. The van der Waals surface area contributed by atoms with Gasteiger partial charge in [0.05, 0.1) is 4.91 Å². The van der Waals surface area contributed by atoms with Crippen molar-refractivity contribution >= 4 is 46.3 Å². The lowest BCUT2D eigenvalue weighted by atomic mass is 9.96. The molecule has 0 atom stereocenters. The van der Waals surface area contributed by atoms with Crippen LogP contribution in [0.4, 0.5) is 0 Å². The largest absolute Gasteiger partial charge is 0.481 e. The van der Waals surface area contributed by atoms with Crippen molar-refractivity contribution in [3.05, 3.63) is 64.6 Å². The standard InChI is InChI=1S/C21H19NO3S2/c1-14-7-2-4-9-16(14)17-10-5-3-8-15(17)13-18-20(25)22(21(26)27-18)12-6-11-19(23)24/h2-5,7-10,13H,6,11-12H2,1H3,(H,23,24). The molecule has 6 heteroatoms. The first-order valence-electron chi connectivity index (χ1n) is 8.59. The summed E-state index contributed by atoms with van der Waals surface area (Å²) in [4.78, 5) is 25.5. The highest BCUT2D eigenvalue weighted by atomic mass is 32.2. The molecule has 0 spiro atoms. The Balaban J connectivity index is 1.88. The zero-order chi connectivity index (χ0) is 19.4. The van der Waals surface area contributed by atoms with Gasteiger partial charge in [0.25, 0.3) is 5.91 Å². The zero-order valence-corrected chi connectivity index (χ0v) is 16.5. The molecule has 1 N–H and O–H groups in total. The van der Waals surface area contributed by atoms with Gasteiger partial charge in [-0.2, -0.15) is 0 Å². The van der Waals surface area contributed by atoms with Crippen molar-refractivity contribution < 1.29 is 14.7 Å². The van der Waals surface area contributed by atoms with Gasteiger partial charge in [0.2, 0.25) is 0 Å². The average Bonchev–Trinajstić information content (AvgIpc) is 2.90. The van der Waals surface area contributed by atoms with Crippen molar-refractivity contribution in [1.82, 2.24) is 4.90 Å². The smallest absolute Gasteiger partial charge is 0.303 e. The summed E-state index contributed by atoms with van der Waals surface area (Å²) in [7, 11) is 0. The van der Waals surface area contributed by atoms with Crippen molar-refractivity contribution in [3.8, 4) is 11.1 Å². The number of thiocarbonyl (C=S) groups is 1. The number of rotatable bonds is 6. The Bertz CT molecular complexity index is 937. The van der Waals surface area contributed by atoms with E-state index in [1.165, 1.54) is 22.2 Å². The van der Waals surface area contributed by atoms with Gasteiger partial charge < -0.3 is 5.11 Å². The third kappa shape index (κ3) is 4.46. The van der Waals surface area contributed by atoms with E-state index in [2.05, 4.69) is 19.1 Å². The van der Waals surface area contributed by atoms with Crippen molar-refractivity contribution in [3.63, 3.8) is 0 Å². The Labute approximate surface area is 167 Å². The Morgan fingerprint density at radius 3 is 2.52 bits per heavy atom. The van der Waals surface area contributed by atoms with Crippen molar-refractivity contribution in [2.45, 2.75) is 19.8 Å². The number of hydrogen-bond acceptors (Lipinski definition) is 4. The first-order valence-corrected chi connectivity index (χ1v) is 9.82. The van der Waals surface area contributed by atoms with Crippen molar-refractivity contribution in [2.24, 2.45) is 0 Å². The van der Waals surface area contributed by atoms with E-state index in [0.29, 0.717) is 22.2 Å². The Kier molecular flexibility index (Phi) is 6.08. The van der Waals surface area contributed by atoms with E-state index >= 15 is 0 Å². The van der Waals surface area contributed by atoms with Gasteiger partial charge in [-0.3, -0.25) is 14.5 Å². The fourth-order valence-electron chi connectivity index (χ4n) is 2.97. The maximum atomic E-state index is 12.7. The summed E-state index contributed by atoms with van der Waals surface area (Å²) in [6.07, 6.45) is 2.28. The van der Waals surface area contributed by atoms with Crippen LogP contribution in [0.1, 0.15) is 24.0 Å². The molecule has 2 aromatic carbocycles. The second kappa shape index (κ2) is 8.50. The third-order valence-corrected chi connectivity index (χ3v) is 5.71. The molecule has 4 nitrogen and oxygen atoms in total. The molecule has 1 aliphatic heterocycles. The van der Waals surface area contributed by atoms with E-state index in [4.69, 9.17) is 17.3 Å². The van der Waals surface area contributed by atoms with Gasteiger partial charge >= 0.3 is 5.97 Å². The van der Waals surface area contributed by atoms with Crippen LogP contribution in [0.15, 0.2) is 53.4 Å². The maximum absolute atomic E-state index is 12.7. The number of carbonyl (C=O) groups is 2. The molecule has 0 aromatic heterocycles. The number of carboxylic acids is 1. The molecule has 0 saturated carbocycles. The molecular weight excluding hydrogens is 378 g/mol. The van der Waals surface area contributed by atoms with E-state index < -0.39 is 5.97 Å². The van der Waals surface area contributed by atoms with Gasteiger partial charge in [-0.15, -0.1) is 0 Å². The Morgan fingerprint density at radius 2 is 1.81 bits per heavy atom. The van der Waals surface area contributed by atoms with Crippen LogP contribution < -0.4 is 0 Å². The summed E-state index contributed by atoms with van der Waals surface area (Å²) in [6.45, 7) is 2.39. The predicted octanol–water partition coefficient (Wildman–Crippen LogP) is 4.73. The molecular formula is C21H19NO3S2. The predicted molar refractivity (Wildman–Crippen MR) is 113 cm³/mol. The average molecular weight is 398 g/mol. The summed E-state index contributed by atoms with van der Waals surface area (Å²) >= 11 is 6.58. The maximum Gasteiger partial charge on any atom is 0.303 e. The van der Waals surface area contributed by atoms with Crippen molar-refractivity contribution in [1.29, 1.82) is 0 Å². The fourth-order valence-corrected chi connectivity index (χ4v) is 4.27. The first-order chi connectivity index (χ1) is 13.0. The van der Waals surface area contributed by atoms with Gasteiger partial charge in [0, 0.05) is 13.0 Å². The first kappa shape index (κ1) is 19.3. The van der Waals surface area contributed by atoms with Crippen LogP contribution >= 0.6 is 24.0 Å². The van der Waals surface area contributed by atoms with Gasteiger partial charge in [-0.05, 0) is 41.7 Å². The number of thioether (sulfide) groups is 1. The van der Waals surface area contributed by atoms with E-state index in [0.717, 1.165) is 16.7 Å². The minimum atomic E-state index is -0.872. The Hall–Kier alpha value is -2.44. The molecule has 1 saturated heterocycles. The third-order valence-electron chi connectivity index (χ3n) is 4.33. The van der Waals surface area contributed by atoms with E-state index in [1.807, 2.05) is 42.5 Å². The highest BCUT2D eigenvalue weighted by Gasteiger charge is 2.31. The van der Waals surface area contributed by atoms with E-state index in [1.54, 1.807) is 0 Å². The number of aryl methyl sites for hydroxylation is 1. The number of carboxylic acid groups (broad SMARTS) is 1. The molecule has 0 unspecified atom stereocenters. The Morgan fingerprint density at radius 1 is 1.15 bits per heavy atom. The SMILES string of the molecule is Cc1ccccc1-c1ccccc1C=C1SC(=S)N(CCCC(=O)O)C1=O. The number of carbonyl (C=O) groups excluding carboxylic acids is 1. The van der Waals surface area contributed by atoms with E-state index in [-0.39, 0.29) is 12.3 Å². The minimum absolute atomic E-state index is 0.0201. The molecule has 1 heterocycles. The van der Waals surface area contributed by atoms with Gasteiger partial charge in [-0.25, -0.2) is 0 Å². The summed E-state index contributed by atoms with van der Waals surface area (Å²) in [5.74, 6) is -1.03. The molecule has 0 aliphatic carbocycles. The lowest BCUT2D eigenvalue weighted by molar-refractivity contribution is -0.137. The van der Waals surface area contributed by atoms with Crippen LogP contribution in [0.25, 0.3) is 17.2 Å². The zero-order valence-electron chi connectivity index (χ0n) is 14.8. The monoisotopic (exact) mass is 397 g/mol. The van der Waals surface area contributed by atoms with Crippen LogP contribution in [0.2, 0.25) is 0 Å². The van der Waals surface area contributed by atoms with Crippen LogP contribution in [0.3, 0.4) is 0 Å². The van der Waals surface area contributed by atoms with Gasteiger partial charge in [0.1, 0.15) is 4.32 Å². The summed E-state index contributed by atoms with van der Waals surface area (Å²) in [5.41, 5.74) is 4.31. The highest BCUT2D eigenvalue weighted by Crippen LogP contribution is 2.35. The van der Waals surface area contributed by atoms with Crippen LogP contribution in [0, 0.1) is 6.92 Å². The number of hydrogen-bond donors (Lipinski definition) is 1. The second-order valence-corrected chi connectivity index (χ2v) is 7.91. The molecule has 1 aliphatic rings. The lowest BCUT2D eigenvalue weighted by Gasteiger charge is -2.13. The molecule has 3 rings (SSSR count). The number of nitrogens with zero attached hydrogens (tertiary/aromatic N) is 1. The normalized spacial score (nSPS) is 15.6. The fraction of sp³-hybridized carbons (Fsp3) is 0.190. The van der Waals surface area contributed by atoms with Crippen LogP contribution in [0.5, 0.6) is 0 Å². The number of aliphatic carboxylic acids is 1. The quantitative estimate of drug-likeness (QED) is 0.564. The van der Waals surface area contributed by atoms with E-state index in [9.17, 15) is 9.59 Å². The molecule has 2 aromatic rings. The minimum Gasteiger partial charge on any atom is -0.481 e. The van der Waals surface area contributed by atoms with Gasteiger partial charge in [-0.1, -0.05) is 72.5 Å².